The van der Waals surface area contributed by atoms with Crippen molar-refractivity contribution in [2.75, 3.05) is 7.11 Å². The molecular weight excluding hydrogens is 294 g/mol. The number of halogens is 2. The summed E-state index contributed by atoms with van der Waals surface area (Å²) in [5.74, 6) is -0.669. The Hall–Kier alpha value is -2.42. The standard InChI is InChI=1S/C20H18F2O/c1-3-4-13-5-8-16-14(11-13)6-9-17(20(16)22)15-7-10-19(23-2)18(21)12-15/h5-12H,3-4H2,1-2H3. The Morgan fingerprint density at radius 3 is 2.48 bits per heavy atom. The fourth-order valence-electron chi connectivity index (χ4n) is 2.84. The summed E-state index contributed by atoms with van der Waals surface area (Å²) in [5, 5.41) is 1.42. The Kier molecular flexibility index (Phi) is 4.28. The van der Waals surface area contributed by atoms with Gasteiger partial charge in [-0.3, -0.25) is 0 Å². The highest BCUT2D eigenvalue weighted by molar-refractivity contribution is 5.88. The molecule has 3 aromatic carbocycles. The van der Waals surface area contributed by atoms with E-state index in [1.807, 2.05) is 18.2 Å². The molecule has 0 spiro atoms. The largest absolute Gasteiger partial charge is 0.494 e. The summed E-state index contributed by atoms with van der Waals surface area (Å²) in [6, 6.07) is 13.8. The molecule has 0 fully saturated rings. The summed E-state index contributed by atoms with van der Waals surface area (Å²) >= 11 is 0. The van der Waals surface area contributed by atoms with Crippen LogP contribution in [0.4, 0.5) is 8.78 Å². The third-order valence-electron chi connectivity index (χ3n) is 4.02. The molecule has 0 saturated heterocycles. The van der Waals surface area contributed by atoms with Crippen molar-refractivity contribution in [2.24, 2.45) is 0 Å². The van der Waals surface area contributed by atoms with Gasteiger partial charge in [0.15, 0.2) is 11.6 Å². The minimum atomic E-state index is -0.497. The molecule has 0 unspecified atom stereocenters. The lowest BCUT2D eigenvalue weighted by molar-refractivity contribution is 0.386. The molecule has 0 bridgehead atoms. The summed E-state index contributed by atoms with van der Waals surface area (Å²) in [6.07, 6.45) is 2.03. The zero-order chi connectivity index (χ0) is 16.4. The summed E-state index contributed by atoms with van der Waals surface area (Å²) in [4.78, 5) is 0. The van der Waals surface area contributed by atoms with Crippen LogP contribution in [0.5, 0.6) is 5.75 Å². The van der Waals surface area contributed by atoms with Crippen LogP contribution < -0.4 is 4.74 Å². The Morgan fingerprint density at radius 1 is 0.957 bits per heavy atom. The number of methoxy groups -OCH3 is 1. The van der Waals surface area contributed by atoms with Gasteiger partial charge in [0.25, 0.3) is 0 Å². The number of ether oxygens (including phenoxy) is 1. The lowest BCUT2D eigenvalue weighted by Crippen LogP contribution is -1.92. The van der Waals surface area contributed by atoms with Crippen molar-refractivity contribution in [1.29, 1.82) is 0 Å². The monoisotopic (exact) mass is 312 g/mol. The molecular formula is C20H18F2O. The Morgan fingerprint density at radius 2 is 1.78 bits per heavy atom. The smallest absolute Gasteiger partial charge is 0.165 e. The van der Waals surface area contributed by atoms with Crippen LogP contribution in [0.25, 0.3) is 21.9 Å². The second-order valence-electron chi connectivity index (χ2n) is 5.58. The summed E-state index contributed by atoms with van der Waals surface area (Å²) < 4.78 is 33.6. The summed E-state index contributed by atoms with van der Waals surface area (Å²) in [5.41, 5.74) is 2.09. The molecule has 0 aromatic heterocycles. The van der Waals surface area contributed by atoms with Crippen LogP contribution in [0.3, 0.4) is 0 Å². The fourth-order valence-corrected chi connectivity index (χ4v) is 2.84. The average molecular weight is 312 g/mol. The van der Waals surface area contributed by atoms with Crippen LogP contribution in [0.2, 0.25) is 0 Å². The Balaban J connectivity index is 2.10. The van der Waals surface area contributed by atoms with Crippen molar-refractivity contribution in [3.63, 3.8) is 0 Å². The first kappa shape index (κ1) is 15.5. The molecule has 3 heteroatoms. The maximum absolute atomic E-state index is 14.8. The van der Waals surface area contributed by atoms with Crippen molar-refractivity contribution in [3.05, 3.63) is 65.7 Å². The van der Waals surface area contributed by atoms with Gasteiger partial charge >= 0.3 is 0 Å². The molecule has 0 radical (unpaired) electrons. The van der Waals surface area contributed by atoms with Gasteiger partial charge in [-0.1, -0.05) is 49.7 Å². The van der Waals surface area contributed by atoms with Gasteiger partial charge in [-0.25, -0.2) is 8.78 Å². The number of rotatable bonds is 4. The molecule has 3 rings (SSSR count). The van der Waals surface area contributed by atoms with Gasteiger partial charge in [-0.2, -0.15) is 0 Å². The first-order valence-electron chi connectivity index (χ1n) is 7.69. The van der Waals surface area contributed by atoms with E-state index in [4.69, 9.17) is 4.74 Å². The van der Waals surface area contributed by atoms with Gasteiger partial charge in [0, 0.05) is 10.9 Å². The van der Waals surface area contributed by atoms with Crippen LogP contribution in [-0.4, -0.2) is 7.11 Å². The number of hydrogen-bond donors (Lipinski definition) is 0. The van der Waals surface area contributed by atoms with E-state index in [1.165, 1.54) is 24.8 Å². The number of fused-ring (bicyclic) bond motifs is 1. The molecule has 23 heavy (non-hydrogen) atoms. The molecule has 0 atom stereocenters. The van der Waals surface area contributed by atoms with E-state index in [1.54, 1.807) is 18.2 Å². The quantitative estimate of drug-likeness (QED) is 0.596. The molecule has 0 aliphatic carbocycles. The first-order valence-corrected chi connectivity index (χ1v) is 7.69. The lowest BCUT2D eigenvalue weighted by Gasteiger charge is -2.10. The predicted octanol–water partition coefficient (Wildman–Crippen LogP) is 5.75. The van der Waals surface area contributed by atoms with Crippen molar-refractivity contribution < 1.29 is 13.5 Å². The van der Waals surface area contributed by atoms with E-state index in [2.05, 4.69) is 6.92 Å². The first-order chi connectivity index (χ1) is 11.1. The zero-order valence-electron chi connectivity index (χ0n) is 13.2. The molecule has 118 valence electrons. The topological polar surface area (TPSA) is 9.23 Å². The van der Waals surface area contributed by atoms with Crippen LogP contribution in [-0.2, 0) is 6.42 Å². The van der Waals surface area contributed by atoms with Crippen LogP contribution >= 0.6 is 0 Å². The lowest BCUT2D eigenvalue weighted by atomic mass is 9.98. The van der Waals surface area contributed by atoms with E-state index >= 15 is 0 Å². The van der Waals surface area contributed by atoms with E-state index in [0.29, 0.717) is 16.5 Å². The maximum Gasteiger partial charge on any atom is 0.165 e. The minimum Gasteiger partial charge on any atom is -0.494 e. The number of aryl methyl sites for hydroxylation is 1. The van der Waals surface area contributed by atoms with Crippen LogP contribution in [0.15, 0.2) is 48.5 Å². The molecule has 3 aromatic rings. The fraction of sp³-hybridized carbons (Fsp3) is 0.200. The van der Waals surface area contributed by atoms with E-state index in [0.717, 1.165) is 18.2 Å². The third kappa shape index (κ3) is 2.91. The van der Waals surface area contributed by atoms with Crippen LogP contribution in [0.1, 0.15) is 18.9 Å². The van der Waals surface area contributed by atoms with Crippen LogP contribution in [0, 0.1) is 11.6 Å². The molecule has 0 saturated carbocycles. The Labute approximate surface area is 134 Å². The second kappa shape index (κ2) is 6.37. The summed E-state index contributed by atoms with van der Waals surface area (Å²) in [6.45, 7) is 2.12. The highest BCUT2D eigenvalue weighted by atomic mass is 19.1. The minimum absolute atomic E-state index is 0.152. The highest BCUT2D eigenvalue weighted by Gasteiger charge is 2.12. The van der Waals surface area contributed by atoms with Crippen molar-refractivity contribution in [3.8, 4) is 16.9 Å². The van der Waals surface area contributed by atoms with Gasteiger partial charge < -0.3 is 4.74 Å². The highest BCUT2D eigenvalue weighted by Crippen LogP contribution is 2.31. The molecule has 0 N–H and O–H groups in total. The van der Waals surface area contributed by atoms with E-state index < -0.39 is 5.82 Å². The van der Waals surface area contributed by atoms with E-state index in [9.17, 15) is 8.78 Å². The van der Waals surface area contributed by atoms with E-state index in [-0.39, 0.29) is 11.6 Å². The Bertz CT molecular complexity index is 856. The van der Waals surface area contributed by atoms with Crippen molar-refractivity contribution in [1.82, 2.24) is 0 Å². The van der Waals surface area contributed by atoms with Crippen molar-refractivity contribution >= 4 is 10.8 Å². The SMILES string of the molecule is CCCc1ccc2c(F)c(-c3ccc(OC)c(F)c3)ccc2c1. The molecule has 0 heterocycles. The summed E-state index contributed by atoms with van der Waals surface area (Å²) in [7, 11) is 1.41. The molecule has 0 aliphatic rings. The second-order valence-corrected chi connectivity index (χ2v) is 5.58. The predicted molar refractivity (Wildman–Crippen MR) is 89.8 cm³/mol. The van der Waals surface area contributed by atoms with Gasteiger partial charge in [0.2, 0.25) is 0 Å². The normalized spacial score (nSPS) is 11.0. The zero-order valence-corrected chi connectivity index (χ0v) is 13.2. The van der Waals surface area contributed by atoms with Crippen molar-refractivity contribution in [2.45, 2.75) is 19.8 Å². The van der Waals surface area contributed by atoms with Gasteiger partial charge in [-0.05, 0) is 35.1 Å². The third-order valence-corrected chi connectivity index (χ3v) is 4.02. The molecule has 0 aliphatic heterocycles. The average Bonchev–Trinajstić information content (AvgIpc) is 2.55. The number of hydrogen-bond acceptors (Lipinski definition) is 1. The van der Waals surface area contributed by atoms with Gasteiger partial charge in [-0.15, -0.1) is 0 Å². The molecule has 1 nitrogen and oxygen atoms in total. The molecule has 0 amide bonds. The number of benzene rings is 3. The van der Waals surface area contributed by atoms with Gasteiger partial charge in [0.1, 0.15) is 5.82 Å². The van der Waals surface area contributed by atoms with Gasteiger partial charge in [0.05, 0.1) is 7.11 Å². The maximum atomic E-state index is 14.8.